The van der Waals surface area contributed by atoms with Crippen molar-refractivity contribution in [3.63, 3.8) is 0 Å². The van der Waals surface area contributed by atoms with Gasteiger partial charge in [-0.05, 0) is 32.9 Å². The van der Waals surface area contributed by atoms with Crippen molar-refractivity contribution in [3.05, 3.63) is 54.3 Å². The molecule has 0 aromatic heterocycles. The highest BCUT2D eigenvalue weighted by Crippen LogP contribution is 2.39. The first-order valence-corrected chi connectivity index (χ1v) is 9.56. The number of anilines is 1. The first-order chi connectivity index (χ1) is 13.1. The minimum absolute atomic E-state index is 0.115. The summed E-state index contributed by atoms with van der Waals surface area (Å²) >= 11 is 1.21. The number of hydrogen-bond donors (Lipinski definition) is 3. The Morgan fingerprint density at radius 2 is 2.04 bits per heavy atom. The van der Waals surface area contributed by atoms with Gasteiger partial charge in [-0.15, -0.1) is 11.8 Å². The first kappa shape index (κ1) is 20.7. The number of aromatic hydroxyl groups is 1. The van der Waals surface area contributed by atoms with Crippen molar-refractivity contribution < 1.29 is 19.6 Å². The summed E-state index contributed by atoms with van der Waals surface area (Å²) in [5, 5.41) is 12.0. The van der Waals surface area contributed by atoms with Gasteiger partial charge in [-0.2, -0.15) is 4.94 Å². The minimum atomic E-state index is -0.327. The number of hydroxylamine groups is 1. The molecule has 0 saturated carbocycles. The van der Waals surface area contributed by atoms with Crippen molar-refractivity contribution in [2.24, 2.45) is 0 Å². The average molecular weight is 388 g/mol. The maximum atomic E-state index is 11.6. The summed E-state index contributed by atoms with van der Waals surface area (Å²) in [5.74, 6) is -0.0847. The molecular weight excluding hydrogens is 364 g/mol. The Morgan fingerprint density at radius 1 is 1.30 bits per heavy atom. The first-order valence-electron chi connectivity index (χ1n) is 8.57. The maximum absolute atomic E-state index is 11.6. The molecule has 2 aromatic rings. The second-order valence-electron chi connectivity index (χ2n) is 5.59. The van der Waals surface area contributed by atoms with E-state index in [1.807, 2.05) is 56.3 Å². The lowest BCUT2D eigenvalue weighted by Crippen LogP contribution is -2.17. The highest BCUT2D eigenvalue weighted by Gasteiger charge is 2.14. The third-order valence-corrected chi connectivity index (χ3v) is 4.55. The van der Waals surface area contributed by atoms with Gasteiger partial charge in [0.25, 0.3) is 0 Å². The molecule has 0 atom stereocenters. The molecule has 0 unspecified atom stereocenters. The molecule has 0 saturated heterocycles. The van der Waals surface area contributed by atoms with Crippen LogP contribution in [-0.4, -0.2) is 23.4 Å². The number of phenols is 1. The zero-order valence-corrected chi connectivity index (χ0v) is 16.4. The Kier molecular flexibility index (Phi) is 8.03. The molecule has 0 amide bonds. The van der Waals surface area contributed by atoms with Crippen molar-refractivity contribution in [2.75, 3.05) is 17.8 Å². The normalized spacial score (nSPS) is 11.7. The van der Waals surface area contributed by atoms with Gasteiger partial charge in [0.15, 0.2) is 0 Å². The SMILES string of the molecule is C/C=C\C=C(/C)NONc1cc(SCC(=O)OCC)c(O)c2ccccc12. The highest BCUT2D eigenvalue weighted by atomic mass is 32.2. The van der Waals surface area contributed by atoms with E-state index in [9.17, 15) is 9.90 Å². The van der Waals surface area contributed by atoms with Gasteiger partial charge in [-0.25, -0.2) is 11.0 Å². The third-order valence-electron chi connectivity index (χ3n) is 3.54. The Bertz CT molecular complexity index is 849. The van der Waals surface area contributed by atoms with Gasteiger partial charge < -0.3 is 9.84 Å². The standard InChI is InChI=1S/C20H24N2O4S/c1-4-6-9-14(3)21-26-22-17-12-18(27-13-19(23)25-5-2)20(24)16-11-8-7-10-15(16)17/h4,6-12,21-22,24H,5,13H2,1-3H3/b6-4-,14-9+. The Morgan fingerprint density at radius 3 is 2.74 bits per heavy atom. The van der Waals surface area contributed by atoms with E-state index in [2.05, 4.69) is 11.0 Å². The van der Waals surface area contributed by atoms with Crippen LogP contribution in [0.15, 0.2) is 59.2 Å². The summed E-state index contributed by atoms with van der Waals surface area (Å²) < 4.78 is 4.94. The zero-order chi connectivity index (χ0) is 19.6. The number of hydrogen-bond acceptors (Lipinski definition) is 7. The molecule has 0 spiro atoms. The molecule has 0 bridgehead atoms. The van der Waals surface area contributed by atoms with Gasteiger partial charge in [-0.3, -0.25) is 4.79 Å². The molecule has 0 radical (unpaired) electrons. The second kappa shape index (κ2) is 10.5. The summed E-state index contributed by atoms with van der Waals surface area (Å²) in [5.41, 5.74) is 7.13. The van der Waals surface area contributed by atoms with Gasteiger partial charge in [0.05, 0.1) is 22.9 Å². The number of allylic oxidation sites excluding steroid dienone is 4. The molecule has 0 aliphatic carbocycles. The molecule has 0 aliphatic heterocycles. The number of thioether (sulfide) groups is 1. The predicted octanol–water partition coefficient (Wildman–Crippen LogP) is 4.53. The number of esters is 1. The monoisotopic (exact) mass is 388 g/mol. The summed E-state index contributed by atoms with van der Waals surface area (Å²) in [6.45, 7) is 5.89. The molecule has 144 valence electrons. The van der Waals surface area contributed by atoms with E-state index in [0.29, 0.717) is 22.6 Å². The lowest BCUT2D eigenvalue weighted by molar-refractivity contribution is -0.139. The van der Waals surface area contributed by atoms with E-state index < -0.39 is 0 Å². The largest absolute Gasteiger partial charge is 0.506 e. The Hall–Kier alpha value is -2.64. The van der Waals surface area contributed by atoms with E-state index in [1.165, 1.54) is 11.8 Å². The van der Waals surface area contributed by atoms with Crippen LogP contribution < -0.4 is 11.0 Å². The number of carbonyl (C=O) groups is 1. The maximum Gasteiger partial charge on any atom is 0.316 e. The molecule has 2 aromatic carbocycles. The van der Waals surface area contributed by atoms with Crippen LogP contribution in [0, 0.1) is 0 Å². The van der Waals surface area contributed by atoms with Crippen LogP contribution in [-0.2, 0) is 14.5 Å². The summed E-state index contributed by atoms with van der Waals surface area (Å²) in [4.78, 5) is 17.5. The second-order valence-corrected chi connectivity index (χ2v) is 6.61. The van der Waals surface area contributed by atoms with E-state index in [-0.39, 0.29) is 17.5 Å². The molecule has 7 heteroatoms. The molecule has 3 N–H and O–H groups in total. The number of nitrogens with one attached hydrogen (secondary N) is 2. The lowest BCUT2D eigenvalue weighted by Gasteiger charge is -2.14. The fourth-order valence-corrected chi connectivity index (χ4v) is 3.11. The third kappa shape index (κ3) is 5.94. The van der Waals surface area contributed by atoms with Crippen molar-refractivity contribution in [3.8, 4) is 5.75 Å². The highest BCUT2D eigenvalue weighted by molar-refractivity contribution is 8.00. The number of benzene rings is 2. The van der Waals surface area contributed by atoms with Gasteiger partial charge in [-0.1, -0.05) is 36.4 Å². The minimum Gasteiger partial charge on any atom is -0.506 e. The van der Waals surface area contributed by atoms with Crippen LogP contribution in [0.2, 0.25) is 0 Å². The van der Waals surface area contributed by atoms with Gasteiger partial charge >= 0.3 is 5.97 Å². The predicted molar refractivity (Wildman–Crippen MR) is 109 cm³/mol. The summed E-state index contributed by atoms with van der Waals surface area (Å²) in [6.07, 6.45) is 5.68. The lowest BCUT2D eigenvalue weighted by atomic mass is 10.1. The topological polar surface area (TPSA) is 79.8 Å². The van der Waals surface area contributed by atoms with E-state index >= 15 is 0 Å². The van der Waals surface area contributed by atoms with Crippen molar-refractivity contribution in [2.45, 2.75) is 25.7 Å². The summed E-state index contributed by atoms with van der Waals surface area (Å²) in [7, 11) is 0. The molecule has 0 fully saturated rings. The quantitative estimate of drug-likeness (QED) is 0.191. The van der Waals surface area contributed by atoms with E-state index in [1.54, 1.807) is 13.0 Å². The smallest absolute Gasteiger partial charge is 0.316 e. The zero-order valence-electron chi connectivity index (χ0n) is 15.6. The van der Waals surface area contributed by atoms with Crippen LogP contribution in [0.3, 0.4) is 0 Å². The van der Waals surface area contributed by atoms with Gasteiger partial charge in [0.1, 0.15) is 5.75 Å². The van der Waals surface area contributed by atoms with Crippen molar-refractivity contribution in [1.29, 1.82) is 0 Å². The number of carbonyl (C=O) groups excluding carboxylic acids is 1. The van der Waals surface area contributed by atoms with Crippen LogP contribution in [0.5, 0.6) is 5.75 Å². The fourth-order valence-electron chi connectivity index (χ4n) is 2.30. The van der Waals surface area contributed by atoms with Gasteiger partial charge in [0.2, 0.25) is 0 Å². The molecule has 0 heterocycles. The van der Waals surface area contributed by atoms with Crippen LogP contribution in [0.25, 0.3) is 10.8 Å². The fraction of sp³-hybridized carbons (Fsp3) is 0.250. The molecular formula is C20H24N2O4S. The number of ether oxygens (including phenoxy) is 1. The van der Waals surface area contributed by atoms with Crippen molar-refractivity contribution >= 4 is 34.2 Å². The van der Waals surface area contributed by atoms with Crippen molar-refractivity contribution in [1.82, 2.24) is 5.48 Å². The average Bonchev–Trinajstić information content (AvgIpc) is 2.67. The summed E-state index contributed by atoms with van der Waals surface area (Å²) in [6, 6.07) is 9.16. The van der Waals surface area contributed by atoms with Crippen LogP contribution >= 0.6 is 11.8 Å². The Labute approximate surface area is 163 Å². The number of phenolic OH excluding ortho intramolecular Hbond substituents is 1. The number of fused-ring (bicyclic) bond motifs is 1. The van der Waals surface area contributed by atoms with E-state index in [0.717, 1.165) is 11.1 Å². The van der Waals surface area contributed by atoms with Crippen LogP contribution in [0.4, 0.5) is 5.69 Å². The van der Waals surface area contributed by atoms with E-state index in [4.69, 9.17) is 9.68 Å². The molecule has 0 aliphatic rings. The Balaban J connectivity index is 2.21. The number of rotatable bonds is 9. The van der Waals surface area contributed by atoms with Crippen LogP contribution in [0.1, 0.15) is 20.8 Å². The molecule has 27 heavy (non-hydrogen) atoms. The molecule has 6 nitrogen and oxygen atoms in total. The van der Waals surface area contributed by atoms with Gasteiger partial charge in [0, 0.05) is 16.5 Å². The molecule has 2 rings (SSSR count).